The predicted octanol–water partition coefficient (Wildman–Crippen LogP) is 2.19. The first-order valence-electron chi connectivity index (χ1n) is 6.93. The van der Waals surface area contributed by atoms with Crippen molar-refractivity contribution in [3.63, 3.8) is 0 Å². The number of benzene rings is 1. The van der Waals surface area contributed by atoms with E-state index in [-0.39, 0.29) is 17.4 Å². The van der Waals surface area contributed by atoms with Crippen LogP contribution in [0.4, 0.5) is 8.78 Å². The Kier molecular flexibility index (Phi) is 3.19. The zero-order valence-electron chi connectivity index (χ0n) is 11.2. The van der Waals surface area contributed by atoms with Crippen LogP contribution in [0.5, 0.6) is 0 Å². The maximum absolute atomic E-state index is 13.6. The summed E-state index contributed by atoms with van der Waals surface area (Å²) in [7, 11) is 0. The van der Waals surface area contributed by atoms with Gasteiger partial charge in [0, 0.05) is 5.92 Å². The van der Waals surface area contributed by atoms with Crippen molar-refractivity contribution in [3.05, 3.63) is 35.4 Å². The smallest absolute Gasteiger partial charge is 0.329 e. The molecule has 0 heterocycles. The number of hydrogen-bond acceptors (Lipinski definition) is 2. The van der Waals surface area contributed by atoms with Crippen LogP contribution in [0.25, 0.3) is 0 Å². The van der Waals surface area contributed by atoms with E-state index in [4.69, 9.17) is 0 Å². The molecule has 0 spiro atoms. The predicted molar refractivity (Wildman–Crippen MR) is 69.6 cm³/mol. The van der Waals surface area contributed by atoms with E-state index in [2.05, 4.69) is 5.32 Å². The highest BCUT2D eigenvalue weighted by Crippen LogP contribution is 2.49. The van der Waals surface area contributed by atoms with Crippen LogP contribution in [0, 0.1) is 17.6 Å². The summed E-state index contributed by atoms with van der Waals surface area (Å²) in [5.74, 6) is -3.33. The van der Waals surface area contributed by atoms with E-state index >= 15 is 0 Å². The summed E-state index contributed by atoms with van der Waals surface area (Å²) in [5.41, 5.74) is -0.974. The Bertz CT molecular complexity index is 613. The zero-order valence-corrected chi connectivity index (χ0v) is 11.2. The molecule has 2 aliphatic carbocycles. The summed E-state index contributed by atoms with van der Waals surface area (Å²) in [5, 5.41) is 11.7. The lowest BCUT2D eigenvalue weighted by atomic mass is 9.76. The number of aliphatic carboxylic acids is 1. The van der Waals surface area contributed by atoms with Crippen molar-refractivity contribution in [2.75, 3.05) is 0 Å². The van der Waals surface area contributed by atoms with Gasteiger partial charge in [0.2, 0.25) is 5.91 Å². The van der Waals surface area contributed by atoms with Crippen molar-refractivity contribution in [1.29, 1.82) is 0 Å². The van der Waals surface area contributed by atoms with Crippen molar-refractivity contribution < 1.29 is 23.5 Å². The maximum atomic E-state index is 13.6. The lowest BCUT2D eigenvalue weighted by molar-refractivity contribution is -0.152. The molecule has 3 rings (SSSR count). The van der Waals surface area contributed by atoms with Crippen LogP contribution >= 0.6 is 0 Å². The Morgan fingerprint density at radius 2 is 2.00 bits per heavy atom. The molecule has 1 aromatic rings. The van der Waals surface area contributed by atoms with Gasteiger partial charge in [-0.15, -0.1) is 0 Å². The van der Waals surface area contributed by atoms with Gasteiger partial charge in [0.15, 0.2) is 0 Å². The highest BCUT2D eigenvalue weighted by Gasteiger charge is 2.51. The molecule has 2 saturated carbocycles. The molecular formula is C15H15F2NO3. The minimum absolute atomic E-state index is 0.188. The summed E-state index contributed by atoms with van der Waals surface area (Å²) < 4.78 is 26.8. The van der Waals surface area contributed by atoms with Crippen LogP contribution in [0.3, 0.4) is 0 Å². The minimum Gasteiger partial charge on any atom is -0.480 e. The molecular weight excluding hydrogens is 280 g/mol. The second-order valence-corrected chi connectivity index (χ2v) is 5.84. The number of amides is 1. The molecule has 6 heteroatoms. The highest BCUT2D eigenvalue weighted by molar-refractivity contribution is 5.90. The van der Waals surface area contributed by atoms with Crippen LogP contribution in [0.1, 0.15) is 37.2 Å². The number of rotatable bonds is 4. The average molecular weight is 295 g/mol. The summed E-state index contributed by atoms with van der Waals surface area (Å²) in [6.07, 6.45) is 2.01. The fourth-order valence-electron chi connectivity index (χ4n) is 2.88. The number of halogens is 2. The van der Waals surface area contributed by atoms with E-state index < -0.39 is 29.1 Å². The van der Waals surface area contributed by atoms with E-state index in [1.807, 2.05) is 0 Å². The molecule has 0 aliphatic heterocycles. The molecule has 2 aliphatic rings. The van der Waals surface area contributed by atoms with Crippen molar-refractivity contribution in [2.24, 2.45) is 5.92 Å². The maximum Gasteiger partial charge on any atom is 0.329 e. The third kappa shape index (κ3) is 2.39. The van der Waals surface area contributed by atoms with Crippen LogP contribution < -0.4 is 5.32 Å². The lowest BCUT2D eigenvalue weighted by Gasteiger charge is -2.38. The first-order chi connectivity index (χ1) is 9.93. The molecule has 1 aromatic carbocycles. The van der Waals surface area contributed by atoms with E-state index in [9.17, 15) is 23.5 Å². The Morgan fingerprint density at radius 3 is 2.57 bits per heavy atom. The van der Waals surface area contributed by atoms with Gasteiger partial charge < -0.3 is 10.4 Å². The number of nitrogens with one attached hydrogen (secondary N) is 1. The number of carboxylic acid groups (broad SMARTS) is 1. The zero-order chi connectivity index (χ0) is 15.2. The molecule has 2 N–H and O–H groups in total. The Hall–Kier alpha value is -1.98. The summed E-state index contributed by atoms with van der Waals surface area (Å²) >= 11 is 0. The van der Waals surface area contributed by atoms with Gasteiger partial charge in [0.05, 0.1) is 0 Å². The van der Waals surface area contributed by atoms with Crippen molar-refractivity contribution in [2.45, 2.75) is 37.1 Å². The van der Waals surface area contributed by atoms with Crippen molar-refractivity contribution in [3.8, 4) is 0 Å². The lowest BCUT2D eigenvalue weighted by Crippen LogP contribution is -2.59. The molecule has 1 amide bonds. The molecule has 2 atom stereocenters. The standard InChI is InChI=1S/C15H15F2NO3/c16-8-2-3-12(17)10(6-8)9-7-11(9)13(19)18-15(14(20)21)4-1-5-15/h2-3,6,9,11H,1,4-5,7H2,(H,18,19)(H,20,21). The van der Waals surface area contributed by atoms with Crippen molar-refractivity contribution >= 4 is 11.9 Å². The fourth-order valence-corrected chi connectivity index (χ4v) is 2.88. The number of carbonyl (C=O) groups is 2. The first-order valence-corrected chi connectivity index (χ1v) is 6.93. The summed E-state index contributed by atoms with van der Waals surface area (Å²) in [6.45, 7) is 0. The minimum atomic E-state index is -1.16. The van der Waals surface area contributed by atoms with Crippen LogP contribution in [-0.2, 0) is 9.59 Å². The van der Waals surface area contributed by atoms with E-state index in [1.165, 1.54) is 0 Å². The molecule has 0 radical (unpaired) electrons. The van der Waals surface area contributed by atoms with Crippen molar-refractivity contribution in [1.82, 2.24) is 5.32 Å². The van der Waals surface area contributed by atoms with Gasteiger partial charge in [0.25, 0.3) is 0 Å². The van der Waals surface area contributed by atoms with E-state index in [0.717, 1.165) is 24.6 Å². The second-order valence-electron chi connectivity index (χ2n) is 5.84. The molecule has 0 bridgehead atoms. The molecule has 2 fully saturated rings. The number of hydrogen-bond donors (Lipinski definition) is 2. The van der Waals surface area contributed by atoms with Gasteiger partial charge >= 0.3 is 5.97 Å². The first kappa shape index (κ1) is 14.0. The number of carbonyl (C=O) groups excluding carboxylic acids is 1. The quantitative estimate of drug-likeness (QED) is 0.895. The molecule has 4 nitrogen and oxygen atoms in total. The van der Waals surface area contributed by atoms with E-state index in [1.54, 1.807) is 0 Å². The average Bonchev–Trinajstić information content (AvgIpc) is 3.16. The summed E-state index contributed by atoms with van der Waals surface area (Å²) in [6, 6.07) is 3.18. The van der Waals surface area contributed by atoms with Gasteiger partial charge in [0.1, 0.15) is 17.2 Å². The normalized spacial score (nSPS) is 25.8. The largest absolute Gasteiger partial charge is 0.480 e. The van der Waals surface area contributed by atoms with Crippen LogP contribution in [0.2, 0.25) is 0 Å². The molecule has 21 heavy (non-hydrogen) atoms. The Labute approximate surface area is 120 Å². The molecule has 0 saturated heterocycles. The molecule has 2 unspecified atom stereocenters. The van der Waals surface area contributed by atoms with Gasteiger partial charge in [-0.05, 0) is 55.4 Å². The Balaban J connectivity index is 1.69. The van der Waals surface area contributed by atoms with Crippen LogP contribution in [-0.4, -0.2) is 22.5 Å². The Morgan fingerprint density at radius 1 is 1.29 bits per heavy atom. The third-order valence-corrected chi connectivity index (χ3v) is 4.46. The fraction of sp³-hybridized carbons (Fsp3) is 0.467. The van der Waals surface area contributed by atoms with Gasteiger partial charge in [-0.25, -0.2) is 13.6 Å². The highest BCUT2D eigenvalue weighted by atomic mass is 19.1. The number of carboxylic acids is 1. The third-order valence-electron chi connectivity index (χ3n) is 4.46. The van der Waals surface area contributed by atoms with Gasteiger partial charge in [-0.2, -0.15) is 0 Å². The van der Waals surface area contributed by atoms with Gasteiger partial charge in [-0.1, -0.05) is 0 Å². The molecule has 112 valence electrons. The molecule has 0 aromatic heterocycles. The van der Waals surface area contributed by atoms with E-state index in [0.29, 0.717) is 19.3 Å². The van der Waals surface area contributed by atoms with Gasteiger partial charge in [-0.3, -0.25) is 4.79 Å². The second kappa shape index (κ2) is 4.79. The summed E-state index contributed by atoms with van der Waals surface area (Å²) in [4.78, 5) is 23.3. The topological polar surface area (TPSA) is 66.4 Å². The SMILES string of the molecule is O=C(NC1(C(=O)O)CCC1)C1CC1c1cc(F)ccc1F. The van der Waals surface area contributed by atoms with Crippen LogP contribution in [0.15, 0.2) is 18.2 Å². The monoisotopic (exact) mass is 295 g/mol.